The van der Waals surface area contributed by atoms with Crippen LogP contribution < -0.4 is 16.0 Å². The highest BCUT2D eigenvalue weighted by Crippen LogP contribution is 2.39. The van der Waals surface area contributed by atoms with Gasteiger partial charge in [-0.05, 0) is 35.7 Å². The van der Waals surface area contributed by atoms with Gasteiger partial charge in [0.2, 0.25) is 5.91 Å². The monoisotopic (exact) mass is 442 g/mol. The third kappa shape index (κ3) is 4.90. The summed E-state index contributed by atoms with van der Waals surface area (Å²) in [5, 5.41) is 20.2. The van der Waals surface area contributed by atoms with Gasteiger partial charge in [0.05, 0.1) is 16.2 Å². The van der Waals surface area contributed by atoms with Crippen molar-refractivity contribution >= 4 is 40.1 Å². The van der Waals surface area contributed by atoms with E-state index in [4.69, 9.17) is 0 Å². The molecule has 0 saturated heterocycles. The summed E-state index contributed by atoms with van der Waals surface area (Å²) in [5.41, 5.74) is 4.42. The molecule has 8 heteroatoms. The van der Waals surface area contributed by atoms with Gasteiger partial charge in [0, 0.05) is 42.5 Å². The summed E-state index contributed by atoms with van der Waals surface area (Å²) in [7, 11) is 0. The molecule has 0 aromatic heterocycles. The molecule has 0 spiro atoms. The summed E-state index contributed by atoms with van der Waals surface area (Å²) in [5.74, 6) is -0.397. The minimum Gasteiger partial charge on any atom is -0.356 e. The van der Waals surface area contributed by atoms with Gasteiger partial charge in [-0.1, -0.05) is 42.5 Å². The Morgan fingerprint density at radius 1 is 1.03 bits per heavy atom. The van der Waals surface area contributed by atoms with Crippen LogP contribution in [0, 0.1) is 10.1 Å². The molecule has 2 amide bonds. The van der Waals surface area contributed by atoms with E-state index in [1.165, 1.54) is 19.1 Å². The Kier molecular flexibility index (Phi) is 6.17. The van der Waals surface area contributed by atoms with Gasteiger partial charge >= 0.3 is 0 Å². The Hall–Kier alpha value is -4.46. The van der Waals surface area contributed by atoms with Crippen LogP contribution in [0.15, 0.2) is 72.8 Å². The number of hydrogen-bond donors (Lipinski definition) is 3. The molecule has 0 saturated carbocycles. The number of hydrogen-bond acceptors (Lipinski definition) is 5. The van der Waals surface area contributed by atoms with Gasteiger partial charge in [0.15, 0.2) is 0 Å². The second-order valence-corrected chi connectivity index (χ2v) is 7.61. The van der Waals surface area contributed by atoms with Crippen LogP contribution in [0.2, 0.25) is 0 Å². The second kappa shape index (κ2) is 9.35. The average Bonchev–Trinajstić information content (AvgIpc) is 3.13. The largest absolute Gasteiger partial charge is 0.356 e. The molecule has 8 nitrogen and oxygen atoms in total. The predicted octanol–water partition coefficient (Wildman–Crippen LogP) is 4.21. The molecule has 166 valence electrons. The first kappa shape index (κ1) is 21.8. The van der Waals surface area contributed by atoms with Crippen LogP contribution in [-0.2, 0) is 16.0 Å². The fraction of sp³-hybridized carbons (Fsp3) is 0.120. The van der Waals surface area contributed by atoms with E-state index in [2.05, 4.69) is 16.0 Å². The number of nitrogens with one attached hydrogen (secondary N) is 3. The summed E-state index contributed by atoms with van der Waals surface area (Å²) in [4.78, 5) is 34.8. The Labute approximate surface area is 190 Å². The zero-order chi connectivity index (χ0) is 23.4. The number of anilines is 2. The van der Waals surface area contributed by atoms with E-state index in [0.29, 0.717) is 35.5 Å². The quantitative estimate of drug-likeness (QED) is 0.288. The van der Waals surface area contributed by atoms with Gasteiger partial charge in [0.25, 0.3) is 11.6 Å². The fourth-order valence-electron chi connectivity index (χ4n) is 3.68. The van der Waals surface area contributed by atoms with Crippen molar-refractivity contribution in [3.05, 3.63) is 99.6 Å². The number of rotatable bonds is 7. The average molecular weight is 442 g/mol. The molecule has 0 atom stereocenters. The van der Waals surface area contributed by atoms with Crippen molar-refractivity contribution < 1.29 is 14.5 Å². The SMILES string of the molecule is CC(=O)NCCc1ccc(NC(=C2C(=O)Nc3ccc([N+](=O)[O-])cc32)c2ccccc2)cc1. The lowest BCUT2D eigenvalue weighted by molar-refractivity contribution is -0.384. The fourth-order valence-corrected chi connectivity index (χ4v) is 3.68. The van der Waals surface area contributed by atoms with E-state index in [0.717, 1.165) is 16.8 Å². The van der Waals surface area contributed by atoms with Gasteiger partial charge in [-0.2, -0.15) is 0 Å². The summed E-state index contributed by atoms with van der Waals surface area (Å²) in [6.45, 7) is 2.04. The first-order chi connectivity index (χ1) is 15.9. The second-order valence-electron chi connectivity index (χ2n) is 7.61. The van der Waals surface area contributed by atoms with Crippen LogP contribution in [0.4, 0.5) is 17.1 Å². The van der Waals surface area contributed by atoms with Gasteiger partial charge in [-0.15, -0.1) is 0 Å². The predicted molar refractivity (Wildman–Crippen MR) is 127 cm³/mol. The molecule has 0 fully saturated rings. The maximum Gasteiger partial charge on any atom is 0.270 e. The topological polar surface area (TPSA) is 113 Å². The highest BCUT2D eigenvalue weighted by Gasteiger charge is 2.30. The number of carbonyl (C=O) groups is 2. The molecule has 0 unspecified atom stereocenters. The molecular weight excluding hydrogens is 420 g/mol. The molecule has 1 heterocycles. The van der Waals surface area contributed by atoms with Crippen LogP contribution in [0.25, 0.3) is 11.3 Å². The first-order valence-corrected chi connectivity index (χ1v) is 10.4. The van der Waals surface area contributed by atoms with Crippen LogP contribution >= 0.6 is 0 Å². The molecule has 1 aliphatic rings. The lowest BCUT2D eigenvalue weighted by Crippen LogP contribution is -2.22. The molecule has 4 rings (SSSR count). The van der Waals surface area contributed by atoms with Gasteiger partial charge in [-0.3, -0.25) is 19.7 Å². The summed E-state index contributed by atoms with van der Waals surface area (Å²) in [6.07, 6.45) is 0.700. The smallest absolute Gasteiger partial charge is 0.270 e. The number of benzene rings is 3. The summed E-state index contributed by atoms with van der Waals surface area (Å²) < 4.78 is 0. The highest BCUT2D eigenvalue weighted by atomic mass is 16.6. The van der Waals surface area contributed by atoms with E-state index in [1.807, 2.05) is 54.6 Å². The van der Waals surface area contributed by atoms with Crippen molar-refractivity contribution in [3.8, 4) is 0 Å². The van der Waals surface area contributed by atoms with Crippen LogP contribution in [-0.4, -0.2) is 23.3 Å². The summed E-state index contributed by atoms with van der Waals surface area (Å²) in [6, 6.07) is 21.4. The molecule has 3 N–H and O–H groups in total. The van der Waals surface area contributed by atoms with Crippen molar-refractivity contribution in [2.45, 2.75) is 13.3 Å². The number of fused-ring (bicyclic) bond motifs is 1. The molecule has 3 aromatic carbocycles. The third-order valence-corrected chi connectivity index (χ3v) is 5.28. The number of nitro benzene ring substituents is 1. The van der Waals surface area contributed by atoms with Crippen LogP contribution in [0.3, 0.4) is 0 Å². The Morgan fingerprint density at radius 3 is 2.42 bits per heavy atom. The van der Waals surface area contributed by atoms with Crippen molar-refractivity contribution in [2.24, 2.45) is 0 Å². The molecular formula is C25H22N4O4. The van der Waals surface area contributed by atoms with Crippen molar-refractivity contribution in [1.29, 1.82) is 0 Å². The van der Waals surface area contributed by atoms with E-state index in [-0.39, 0.29) is 17.5 Å². The highest BCUT2D eigenvalue weighted by molar-refractivity contribution is 6.37. The Morgan fingerprint density at radius 2 is 1.76 bits per heavy atom. The zero-order valence-electron chi connectivity index (χ0n) is 17.9. The number of carbonyl (C=O) groups excluding carboxylic acids is 2. The van der Waals surface area contributed by atoms with Gasteiger partial charge in [-0.25, -0.2) is 0 Å². The van der Waals surface area contributed by atoms with Crippen molar-refractivity contribution in [1.82, 2.24) is 5.32 Å². The zero-order valence-corrected chi connectivity index (χ0v) is 17.9. The Bertz CT molecular complexity index is 1250. The van der Waals surface area contributed by atoms with E-state index >= 15 is 0 Å². The van der Waals surface area contributed by atoms with E-state index in [9.17, 15) is 19.7 Å². The standard InChI is InChI=1S/C25H22N4O4/c1-16(30)26-14-13-17-7-9-19(10-8-17)27-24(18-5-3-2-4-6-18)23-21-15-20(29(32)33)11-12-22(21)28-25(23)31/h2-12,15,27H,13-14H2,1H3,(H,26,30)(H,28,31). The minimum absolute atomic E-state index is 0.0669. The van der Waals surface area contributed by atoms with Crippen LogP contribution in [0.5, 0.6) is 0 Å². The first-order valence-electron chi connectivity index (χ1n) is 10.4. The molecule has 0 bridgehead atoms. The molecule has 0 radical (unpaired) electrons. The molecule has 3 aromatic rings. The van der Waals surface area contributed by atoms with Gasteiger partial charge in [0.1, 0.15) is 0 Å². The third-order valence-electron chi connectivity index (χ3n) is 5.28. The maximum absolute atomic E-state index is 12.9. The number of nitro groups is 1. The van der Waals surface area contributed by atoms with Gasteiger partial charge < -0.3 is 16.0 Å². The summed E-state index contributed by atoms with van der Waals surface area (Å²) >= 11 is 0. The lowest BCUT2D eigenvalue weighted by atomic mass is 9.99. The van der Waals surface area contributed by atoms with Crippen molar-refractivity contribution in [2.75, 3.05) is 17.2 Å². The number of nitrogens with zero attached hydrogens (tertiary/aromatic N) is 1. The number of amides is 2. The van der Waals surface area contributed by atoms with Crippen molar-refractivity contribution in [3.63, 3.8) is 0 Å². The Balaban J connectivity index is 1.72. The van der Waals surface area contributed by atoms with E-state index < -0.39 is 4.92 Å². The molecule has 33 heavy (non-hydrogen) atoms. The maximum atomic E-state index is 12.9. The molecule has 1 aliphatic heterocycles. The minimum atomic E-state index is -0.476. The normalized spacial score (nSPS) is 13.7. The lowest BCUT2D eigenvalue weighted by Gasteiger charge is -2.15. The molecule has 0 aliphatic carbocycles. The number of non-ortho nitro benzene ring substituents is 1. The van der Waals surface area contributed by atoms with Crippen LogP contribution in [0.1, 0.15) is 23.6 Å². The van der Waals surface area contributed by atoms with E-state index in [1.54, 1.807) is 6.07 Å².